The second-order valence-electron chi connectivity index (χ2n) is 6.02. The van der Waals surface area contributed by atoms with Gasteiger partial charge >= 0.3 is 6.61 Å². The summed E-state index contributed by atoms with van der Waals surface area (Å²) in [6.07, 6.45) is 0.885. The smallest absolute Gasteiger partial charge is 0.387 e. The molecule has 0 aliphatic carbocycles. The van der Waals surface area contributed by atoms with Gasteiger partial charge in [-0.15, -0.1) is 0 Å². The summed E-state index contributed by atoms with van der Waals surface area (Å²) in [5.74, 6) is -0.0506. The summed E-state index contributed by atoms with van der Waals surface area (Å²) < 4.78 is 29.3. The monoisotopic (exact) mass is 341 g/mol. The summed E-state index contributed by atoms with van der Waals surface area (Å²) in [7, 11) is 0. The molecule has 0 atom stereocenters. The van der Waals surface area contributed by atoms with Gasteiger partial charge in [-0.25, -0.2) is 0 Å². The molecule has 0 saturated carbocycles. The van der Waals surface area contributed by atoms with E-state index in [1.807, 2.05) is 0 Å². The highest BCUT2D eigenvalue weighted by molar-refractivity contribution is 5.94. The second-order valence-corrected chi connectivity index (χ2v) is 6.02. The van der Waals surface area contributed by atoms with Crippen molar-refractivity contribution in [3.63, 3.8) is 0 Å². The molecule has 0 radical (unpaired) electrons. The molecule has 0 aromatic heterocycles. The van der Waals surface area contributed by atoms with E-state index in [-0.39, 0.29) is 11.7 Å². The van der Waals surface area contributed by atoms with E-state index in [9.17, 15) is 13.6 Å². The lowest BCUT2D eigenvalue weighted by Crippen LogP contribution is -2.44. The third-order valence-corrected chi connectivity index (χ3v) is 4.08. The Balaban J connectivity index is 1.83. The van der Waals surface area contributed by atoms with E-state index in [4.69, 9.17) is 0 Å². The van der Waals surface area contributed by atoms with Crippen LogP contribution in [0.15, 0.2) is 12.1 Å². The average molecular weight is 341 g/mol. The number of alkyl halides is 2. The van der Waals surface area contributed by atoms with E-state index in [0.717, 1.165) is 39.1 Å². The number of nitrogens with zero attached hydrogens (tertiary/aromatic N) is 1. The number of carbonyl (C=O) groups is 1. The summed E-state index contributed by atoms with van der Waals surface area (Å²) >= 11 is 0. The number of rotatable bonds is 7. The van der Waals surface area contributed by atoms with Crippen LogP contribution in [-0.2, 0) is 0 Å². The maximum Gasteiger partial charge on any atom is 0.387 e. The fourth-order valence-corrected chi connectivity index (χ4v) is 2.90. The maximum absolute atomic E-state index is 12.4. The molecule has 1 amide bonds. The molecule has 1 aliphatic heterocycles. The van der Waals surface area contributed by atoms with Gasteiger partial charge in [-0.05, 0) is 50.1 Å². The van der Waals surface area contributed by atoms with Gasteiger partial charge in [0.05, 0.1) is 0 Å². The fraction of sp³-hybridized carbons (Fsp3) is 0.588. The van der Waals surface area contributed by atoms with Crippen LogP contribution in [0.5, 0.6) is 5.75 Å². The molecule has 134 valence electrons. The number of aryl methyl sites for hydroxylation is 2. The van der Waals surface area contributed by atoms with E-state index in [2.05, 4.69) is 20.3 Å². The van der Waals surface area contributed by atoms with Crippen molar-refractivity contribution in [2.75, 3.05) is 39.3 Å². The first-order valence-electron chi connectivity index (χ1n) is 8.24. The summed E-state index contributed by atoms with van der Waals surface area (Å²) in [6.45, 7) is 6.10. The fourth-order valence-electron chi connectivity index (χ4n) is 2.90. The van der Waals surface area contributed by atoms with Crippen molar-refractivity contribution >= 4 is 5.91 Å². The van der Waals surface area contributed by atoms with Crippen LogP contribution in [0.2, 0.25) is 0 Å². The largest absolute Gasteiger partial charge is 0.434 e. The standard InChI is InChI=1S/C17H25F2N3O2/c1-12-10-14(11-13(2)15(12)24-17(18)19)16(23)21-4-3-7-22-8-5-20-6-9-22/h10-11,17,20H,3-9H2,1-2H3,(H,21,23). The first kappa shape index (κ1) is 18.6. The number of benzene rings is 1. The van der Waals surface area contributed by atoms with Crippen molar-refractivity contribution in [2.45, 2.75) is 26.9 Å². The number of hydrogen-bond donors (Lipinski definition) is 2. The van der Waals surface area contributed by atoms with Crippen LogP contribution < -0.4 is 15.4 Å². The van der Waals surface area contributed by atoms with Crippen LogP contribution in [0.25, 0.3) is 0 Å². The third kappa shape index (κ3) is 5.42. The maximum atomic E-state index is 12.4. The van der Waals surface area contributed by atoms with E-state index in [1.165, 1.54) is 0 Å². The van der Waals surface area contributed by atoms with Crippen molar-refractivity contribution in [3.05, 3.63) is 28.8 Å². The van der Waals surface area contributed by atoms with Crippen molar-refractivity contribution in [1.82, 2.24) is 15.5 Å². The number of piperazine rings is 1. The molecule has 1 fully saturated rings. The van der Waals surface area contributed by atoms with E-state index < -0.39 is 6.61 Å². The molecule has 1 aliphatic rings. The molecule has 1 saturated heterocycles. The minimum atomic E-state index is -2.87. The number of ether oxygens (including phenoxy) is 1. The van der Waals surface area contributed by atoms with Crippen LogP contribution in [0.4, 0.5) is 8.78 Å². The number of hydrogen-bond acceptors (Lipinski definition) is 4. The van der Waals surface area contributed by atoms with Gasteiger partial charge in [-0.3, -0.25) is 4.79 Å². The number of amides is 1. The molecule has 1 aromatic rings. The zero-order valence-corrected chi connectivity index (χ0v) is 14.2. The van der Waals surface area contributed by atoms with Gasteiger partial charge in [0.2, 0.25) is 0 Å². The second kappa shape index (κ2) is 8.94. The Labute approximate surface area is 141 Å². The Kier molecular flexibility index (Phi) is 6.93. The Morgan fingerprint density at radius 1 is 1.29 bits per heavy atom. The molecule has 0 unspecified atom stereocenters. The Hall–Kier alpha value is -1.73. The minimum absolute atomic E-state index is 0.139. The lowest BCUT2D eigenvalue weighted by molar-refractivity contribution is -0.0507. The van der Waals surface area contributed by atoms with Crippen LogP contribution in [0, 0.1) is 13.8 Å². The van der Waals surface area contributed by atoms with Gasteiger partial charge in [0, 0.05) is 38.3 Å². The highest BCUT2D eigenvalue weighted by atomic mass is 19.3. The van der Waals surface area contributed by atoms with Crippen molar-refractivity contribution < 1.29 is 18.3 Å². The topological polar surface area (TPSA) is 53.6 Å². The van der Waals surface area contributed by atoms with Gasteiger partial charge in [-0.2, -0.15) is 8.78 Å². The predicted molar refractivity (Wildman–Crippen MR) is 88.8 cm³/mol. The summed E-state index contributed by atoms with van der Waals surface area (Å²) in [6, 6.07) is 3.16. The van der Waals surface area contributed by atoms with E-state index in [0.29, 0.717) is 23.2 Å². The number of halogens is 2. The van der Waals surface area contributed by atoms with Crippen molar-refractivity contribution in [3.8, 4) is 5.75 Å². The summed E-state index contributed by atoms with van der Waals surface area (Å²) in [5.41, 5.74) is 1.52. The molecule has 0 spiro atoms. The molecule has 5 nitrogen and oxygen atoms in total. The first-order valence-corrected chi connectivity index (χ1v) is 8.24. The third-order valence-electron chi connectivity index (χ3n) is 4.08. The van der Waals surface area contributed by atoms with Gasteiger partial charge in [0.25, 0.3) is 5.91 Å². The van der Waals surface area contributed by atoms with Gasteiger partial charge < -0.3 is 20.3 Å². The summed E-state index contributed by atoms with van der Waals surface area (Å²) in [4.78, 5) is 14.6. The number of nitrogens with one attached hydrogen (secondary N) is 2. The normalized spacial score (nSPS) is 15.5. The SMILES string of the molecule is Cc1cc(C(=O)NCCCN2CCNCC2)cc(C)c1OC(F)F. The zero-order chi connectivity index (χ0) is 17.5. The minimum Gasteiger partial charge on any atom is -0.434 e. The van der Waals surface area contributed by atoms with Gasteiger partial charge in [-0.1, -0.05) is 0 Å². The van der Waals surface area contributed by atoms with Gasteiger partial charge in [0.1, 0.15) is 5.75 Å². The molecule has 1 heterocycles. The molecule has 7 heteroatoms. The Morgan fingerprint density at radius 3 is 2.50 bits per heavy atom. The van der Waals surface area contributed by atoms with Crippen LogP contribution >= 0.6 is 0 Å². The summed E-state index contributed by atoms with van der Waals surface area (Å²) in [5, 5.41) is 6.19. The quantitative estimate of drug-likeness (QED) is 0.744. The average Bonchev–Trinajstić information content (AvgIpc) is 2.55. The van der Waals surface area contributed by atoms with Crippen LogP contribution in [0.3, 0.4) is 0 Å². The molecule has 2 rings (SSSR count). The lowest BCUT2D eigenvalue weighted by Gasteiger charge is -2.27. The van der Waals surface area contributed by atoms with Crippen LogP contribution in [-0.4, -0.2) is 56.7 Å². The Morgan fingerprint density at radius 2 is 1.92 bits per heavy atom. The predicted octanol–water partition coefficient (Wildman–Crippen LogP) is 1.93. The molecular formula is C17H25F2N3O2. The highest BCUT2D eigenvalue weighted by Gasteiger charge is 2.15. The Bertz CT molecular complexity index is 538. The van der Waals surface area contributed by atoms with Gasteiger partial charge in [0.15, 0.2) is 0 Å². The molecule has 2 N–H and O–H groups in total. The van der Waals surface area contributed by atoms with Crippen LogP contribution in [0.1, 0.15) is 27.9 Å². The lowest BCUT2D eigenvalue weighted by atomic mass is 10.1. The van der Waals surface area contributed by atoms with Crippen molar-refractivity contribution in [1.29, 1.82) is 0 Å². The van der Waals surface area contributed by atoms with E-state index in [1.54, 1.807) is 26.0 Å². The molecular weight excluding hydrogens is 316 g/mol. The zero-order valence-electron chi connectivity index (χ0n) is 14.2. The first-order chi connectivity index (χ1) is 11.5. The molecule has 24 heavy (non-hydrogen) atoms. The number of carbonyl (C=O) groups excluding carboxylic acids is 1. The van der Waals surface area contributed by atoms with Crippen molar-refractivity contribution in [2.24, 2.45) is 0 Å². The molecule has 1 aromatic carbocycles. The molecule has 0 bridgehead atoms. The highest BCUT2D eigenvalue weighted by Crippen LogP contribution is 2.26. The van der Waals surface area contributed by atoms with E-state index >= 15 is 0 Å².